The van der Waals surface area contributed by atoms with Crippen LogP contribution in [0.15, 0.2) is 47.4 Å². The molecular formula is C25H25Cl2N7O. The fourth-order valence-corrected chi connectivity index (χ4v) is 5.28. The van der Waals surface area contributed by atoms with Crippen LogP contribution in [0.3, 0.4) is 0 Å². The minimum Gasteiger partial charge on any atom is -0.324 e. The highest BCUT2D eigenvalue weighted by molar-refractivity contribution is 6.37. The van der Waals surface area contributed by atoms with Crippen molar-refractivity contribution < 1.29 is 0 Å². The zero-order valence-electron chi connectivity index (χ0n) is 19.4. The molecule has 0 saturated heterocycles. The van der Waals surface area contributed by atoms with E-state index in [0.29, 0.717) is 17.3 Å². The Morgan fingerprint density at radius 2 is 1.97 bits per heavy atom. The van der Waals surface area contributed by atoms with Crippen molar-refractivity contribution >= 4 is 45.9 Å². The van der Waals surface area contributed by atoms with Gasteiger partial charge >= 0.3 is 5.69 Å². The molecule has 0 aliphatic heterocycles. The maximum absolute atomic E-state index is 12.9. The van der Waals surface area contributed by atoms with Gasteiger partial charge < -0.3 is 10.2 Å². The van der Waals surface area contributed by atoms with Crippen LogP contribution in [-0.4, -0.2) is 45.1 Å². The Morgan fingerprint density at radius 1 is 1.20 bits per heavy atom. The Balaban J connectivity index is 1.44. The first-order valence-electron chi connectivity index (χ1n) is 11.3. The number of fused-ring (bicyclic) bond motifs is 2. The summed E-state index contributed by atoms with van der Waals surface area (Å²) in [6, 6.07) is 11.2. The van der Waals surface area contributed by atoms with Gasteiger partial charge in [-0.1, -0.05) is 35.3 Å². The highest BCUT2D eigenvalue weighted by Gasteiger charge is 2.20. The molecule has 2 aromatic carbocycles. The SMILES string of the molecule is CN(C)CC1CCc2cc(Nc3ncc4c(=N)n(-c5c(Cl)cccc5Cl)c(=O)[nH]c4n3)ccc2C1. The fraction of sp³-hybridized carbons (Fsp3) is 0.280. The third kappa shape index (κ3) is 4.69. The predicted molar refractivity (Wildman–Crippen MR) is 139 cm³/mol. The van der Waals surface area contributed by atoms with Crippen LogP contribution < -0.4 is 16.5 Å². The highest BCUT2D eigenvalue weighted by Crippen LogP contribution is 2.29. The van der Waals surface area contributed by atoms with E-state index < -0.39 is 5.69 Å². The number of H-pyrrole nitrogens is 1. The summed E-state index contributed by atoms with van der Waals surface area (Å²) in [6.45, 7) is 1.10. The standard InChI is InChI=1S/C25H25Cl2N7O/c1-33(2)13-14-6-7-16-11-17(9-8-15(16)10-14)30-24-29-12-18-22(28)34(25(35)32-23(18)31-24)21-19(26)4-3-5-20(21)27/h3-5,8-9,11-12,14,28H,6-7,10,13H2,1-2H3,(H2,29,30,31,32,35). The number of hydrogen-bond acceptors (Lipinski definition) is 6. The largest absolute Gasteiger partial charge is 0.333 e. The van der Waals surface area contributed by atoms with E-state index in [1.807, 2.05) is 6.07 Å². The minimum atomic E-state index is -0.566. The molecule has 2 aromatic heterocycles. The van der Waals surface area contributed by atoms with E-state index in [-0.39, 0.29) is 26.9 Å². The Bertz CT molecular complexity index is 1520. The summed E-state index contributed by atoms with van der Waals surface area (Å²) in [4.78, 5) is 26.7. The summed E-state index contributed by atoms with van der Waals surface area (Å²) in [7, 11) is 4.24. The molecule has 1 unspecified atom stereocenters. The Morgan fingerprint density at radius 3 is 2.71 bits per heavy atom. The fourth-order valence-electron chi connectivity index (χ4n) is 4.72. The van der Waals surface area contributed by atoms with Crippen LogP contribution in [0.5, 0.6) is 0 Å². The molecule has 0 spiro atoms. The van der Waals surface area contributed by atoms with Gasteiger partial charge in [-0.3, -0.25) is 10.4 Å². The number of hydrogen-bond donors (Lipinski definition) is 3. The van der Waals surface area contributed by atoms with Gasteiger partial charge in [0.05, 0.1) is 21.1 Å². The first-order chi connectivity index (χ1) is 16.8. The summed E-state index contributed by atoms with van der Waals surface area (Å²) in [5.41, 5.74) is 3.44. The van der Waals surface area contributed by atoms with Crippen LogP contribution in [-0.2, 0) is 12.8 Å². The molecule has 1 atom stereocenters. The molecule has 2 heterocycles. The molecule has 1 aliphatic carbocycles. The average molecular weight is 510 g/mol. The van der Waals surface area contributed by atoms with Crippen molar-refractivity contribution in [1.29, 1.82) is 5.41 Å². The molecule has 0 fully saturated rings. The number of benzene rings is 2. The van der Waals surface area contributed by atoms with E-state index in [2.05, 4.69) is 51.4 Å². The molecule has 1 aliphatic rings. The van der Waals surface area contributed by atoms with Gasteiger partial charge in [0.15, 0.2) is 5.65 Å². The maximum atomic E-state index is 12.9. The number of aromatic amines is 1. The number of aromatic nitrogens is 4. The Kier molecular flexibility index (Phi) is 6.35. The minimum absolute atomic E-state index is 0.105. The molecule has 35 heavy (non-hydrogen) atoms. The van der Waals surface area contributed by atoms with E-state index in [4.69, 9.17) is 28.6 Å². The monoisotopic (exact) mass is 509 g/mol. The quantitative estimate of drug-likeness (QED) is 0.372. The average Bonchev–Trinajstić information content (AvgIpc) is 2.80. The molecule has 0 bridgehead atoms. The van der Waals surface area contributed by atoms with Gasteiger partial charge in [0.25, 0.3) is 0 Å². The number of aryl methyl sites for hydroxylation is 1. The lowest BCUT2D eigenvalue weighted by Crippen LogP contribution is -2.34. The van der Waals surface area contributed by atoms with Gasteiger partial charge in [-0.2, -0.15) is 4.98 Å². The number of rotatable bonds is 5. The second-order valence-corrected chi connectivity index (χ2v) is 9.93. The zero-order valence-corrected chi connectivity index (χ0v) is 20.9. The number of para-hydroxylation sites is 1. The Hall–Kier alpha value is -3.20. The van der Waals surface area contributed by atoms with Crippen molar-refractivity contribution in [3.8, 4) is 5.69 Å². The van der Waals surface area contributed by atoms with Crippen LogP contribution in [0.2, 0.25) is 10.0 Å². The molecule has 4 aromatic rings. The smallest absolute Gasteiger partial charge is 0.324 e. The lowest BCUT2D eigenvalue weighted by molar-refractivity contribution is 0.303. The van der Waals surface area contributed by atoms with Gasteiger partial charge in [0, 0.05) is 18.4 Å². The van der Waals surface area contributed by atoms with Crippen molar-refractivity contribution in [3.05, 3.63) is 79.7 Å². The van der Waals surface area contributed by atoms with Crippen molar-refractivity contribution in [2.75, 3.05) is 26.0 Å². The van der Waals surface area contributed by atoms with Gasteiger partial charge in [0.2, 0.25) is 5.95 Å². The second-order valence-electron chi connectivity index (χ2n) is 9.12. The third-order valence-electron chi connectivity index (χ3n) is 6.27. The molecule has 0 saturated carbocycles. The Labute approximate surface area is 212 Å². The highest BCUT2D eigenvalue weighted by atomic mass is 35.5. The molecule has 180 valence electrons. The molecular weight excluding hydrogens is 485 g/mol. The van der Waals surface area contributed by atoms with Gasteiger partial charge in [-0.15, -0.1) is 0 Å². The number of nitrogens with zero attached hydrogens (tertiary/aromatic N) is 4. The summed E-state index contributed by atoms with van der Waals surface area (Å²) >= 11 is 12.5. The van der Waals surface area contributed by atoms with Crippen LogP contribution >= 0.6 is 23.2 Å². The van der Waals surface area contributed by atoms with Crippen molar-refractivity contribution in [2.24, 2.45) is 5.92 Å². The predicted octanol–water partition coefficient (Wildman–Crippen LogP) is 4.31. The zero-order chi connectivity index (χ0) is 24.7. The number of halogens is 2. The van der Waals surface area contributed by atoms with E-state index >= 15 is 0 Å². The molecule has 0 amide bonds. The van der Waals surface area contributed by atoms with Crippen molar-refractivity contribution in [3.63, 3.8) is 0 Å². The van der Waals surface area contributed by atoms with Crippen LogP contribution in [0.1, 0.15) is 17.5 Å². The third-order valence-corrected chi connectivity index (χ3v) is 6.88. The maximum Gasteiger partial charge on any atom is 0.333 e. The number of nitrogens with one attached hydrogen (secondary N) is 3. The van der Waals surface area contributed by atoms with Crippen LogP contribution in [0, 0.1) is 11.3 Å². The van der Waals surface area contributed by atoms with E-state index in [0.717, 1.165) is 29.6 Å². The van der Waals surface area contributed by atoms with Gasteiger partial charge in [0.1, 0.15) is 5.49 Å². The van der Waals surface area contributed by atoms with Gasteiger partial charge in [-0.25, -0.2) is 14.3 Å². The lowest BCUT2D eigenvalue weighted by Gasteiger charge is -2.27. The second kappa shape index (κ2) is 9.45. The van der Waals surface area contributed by atoms with E-state index in [1.165, 1.54) is 23.7 Å². The number of anilines is 2. The summed E-state index contributed by atoms with van der Waals surface area (Å²) in [5.74, 6) is 1.02. The van der Waals surface area contributed by atoms with E-state index in [9.17, 15) is 4.79 Å². The molecule has 8 nitrogen and oxygen atoms in total. The molecule has 10 heteroatoms. The normalized spacial score (nSPS) is 15.4. The molecule has 3 N–H and O–H groups in total. The first-order valence-corrected chi connectivity index (χ1v) is 12.1. The summed E-state index contributed by atoms with van der Waals surface area (Å²) in [6.07, 6.45) is 4.81. The van der Waals surface area contributed by atoms with Crippen molar-refractivity contribution in [2.45, 2.75) is 19.3 Å². The molecule has 0 radical (unpaired) electrons. The van der Waals surface area contributed by atoms with Gasteiger partial charge in [-0.05, 0) is 74.7 Å². The summed E-state index contributed by atoms with van der Waals surface area (Å²) < 4.78 is 1.12. The first kappa shape index (κ1) is 23.5. The topological polar surface area (TPSA) is 103 Å². The molecule has 5 rings (SSSR count). The van der Waals surface area contributed by atoms with Crippen LogP contribution in [0.4, 0.5) is 11.6 Å². The summed E-state index contributed by atoms with van der Waals surface area (Å²) in [5, 5.41) is 12.7. The van der Waals surface area contributed by atoms with Crippen LogP contribution in [0.25, 0.3) is 16.7 Å². The lowest BCUT2D eigenvalue weighted by atomic mass is 9.83. The van der Waals surface area contributed by atoms with Crippen molar-refractivity contribution in [1.82, 2.24) is 24.4 Å². The van der Waals surface area contributed by atoms with E-state index in [1.54, 1.807) is 18.2 Å².